The third-order valence-corrected chi connectivity index (χ3v) is 4.75. The number of phenols is 1. The van der Waals surface area contributed by atoms with E-state index in [1.54, 1.807) is 0 Å². The molecule has 0 aliphatic heterocycles. The second kappa shape index (κ2) is 5.63. The second-order valence-electron chi connectivity index (χ2n) is 6.65. The maximum atomic E-state index is 10.6. The maximum Gasteiger partial charge on any atom is 0.119 e. The highest BCUT2D eigenvalue weighted by molar-refractivity contribution is 5.50. The molecule has 1 unspecified atom stereocenters. The van der Waals surface area contributed by atoms with Crippen molar-refractivity contribution in [2.75, 3.05) is 0 Å². The molecule has 1 saturated carbocycles. The second-order valence-corrected chi connectivity index (χ2v) is 6.65. The Bertz CT molecular complexity index is 523. The number of rotatable bonds is 4. The van der Waals surface area contributed by atoms with Gasteiger partial charge in [-0.1, -0.05) is 31.1 Å². The van der Waals surface area contributed by atoms with E-state index in [2.05, 4.69) is 26.0 Å². The third kappa shape index (κ3) is 2.77. The summed E-state index contributed by atoms with van der Waals surface area (Å²) in [4.78, 5) is 0. The van der Waals surface area contributed by atoms with E-state index in [-0.39, 0.29) is 0 Å². The van der Waals surface area contributed by atoms with Gasteiger partial charge < -0.3 is 5.11 Å². The van der Waals surface area contributed by atoms with Crippen LogP contribution in [0.1, 0.15) is 80.9 Å². The molecule has 2 aliphatic rings. The van der Waals surface area contributed by atoms with Gasteiger partial charge in [0, 0.05) is 11.5 Å². The van der Waals surface area contributed by atoms with Crippen LogP contribution >= 0.6 is 0 Å². The monoisotopic (exact) mass is 270 g/mol. The molecule has 0 radical (unpaired) electrons. The van der Waals surface area contributed by atoms with E-state index in [9.17, 15) is 5.11 Å². The molecule has 0 bridgehead atoms. The summed E-state index contributed by atoms with van der Waals surface area (Å²) in [5, 5.41) is 10.6. The molecule has 0 saturated heterocycles. The standard InChI is InChI=1S/C19H26O/c1-3-5-14-11-17(15-8-9-15)19(18(20)12-14)16-7-4-6-13(2)10-16/h10-12,15-16,20H,3-9H2,1-2H3. The van der Waals surface area contributed by atoms with E-state index in [1.807, 2.05) is 6.07 Å². The van der Waals surface area contributed by atoms with Crippen LogP contribution < -0.4 is 0 Å². The van der Waals surface area contributed by atoms with E-state index in [0.717, 1.165) is 12.8 Å². The van der Waals surface area contributed by atoms with Crippen LogP contribution in [0.5, 0.6) is 5.75 Å². The predicted molar refractivity (Wildman–Crippen MR) is 84.4 cm³/mol. The van der Waals surface area contributed by atoms with Gasteiger partial charge in [0.1, 0.15) is 5.75 Å². The van der Waals surface area contributed by atoms with Crippen LogP contribution in [0.4, 0.5) is 0 Å². The number of benzene rings is 1. The first kappa shape index (κ1) is 13.7. The average molecular weight is 270 g/mol. The molecule has 20 heavy (non-hydrogen) atoms. The normalized spacial score (nSPS) is 22.7. The summed E-state index contributed by atoms with van der Waals surface area (Å²) in [5.74, 6) is 1.70. The number of hydrogen-bond donors (Lipinski definition) is 1. The van der Waals surface area contributed by atoms with Crippen molar-refractivity contribution < 1.29 is 5.11 Å². The van der Waals surface area contributed by atoms with E-state index >= 15 is 0 Å². The summed E-state index contributed by atoms with van der Waals surface area (Å²) in [6, 6.07) is 4.40. The van der Waals surface area contributed by atoms with Crippen molar-refractivity contribution in [1.29, 1.82) is 0 Å². The average Bonchev–Trinajstić information content (AvgIpc) is 3.22. The van der Waals surface area contributed by atoms with Crippen LogP contribution in [0.3, 0.4) is 0 Å². The molecule has 1 atom stereocenters. The minimum absolute atomic E-state index is 0.440. The Morgan fingerprint density at radius 2 is 2.00 bits per heavy atom. The molecule has 0 spiro atoms. The fourth-order valence-electron chi connectivity index (χ4n) is 3.63. The number of aromatic hydroxyl groups is 1. The first-order chi connectivity index (χ1) is 9.69. The maximum absolute atomic E-state index is 10.6. The van der Waals surface area contributed by atoms with Crippen molar-refractivity contribution in [2.45, 2.75) is 70.6 Å². The van der Waals surface area contributed by atoms with Crippen LogP contribution in [0, 0.1) is 0 Å². The van der Waals surface area contributed by atoms with Crippen molar-refractivity contribution in [3.8, 4) is 5.75 Å². The lowest BCUT2D eigenvalue weighted by Crippen LogP contribution is -2.06. The Hall–Kier alpha value is -1.24. The highest BCUT2D eigenvalue weighted by Gasteiger charge is 2.30. The number of phenolic OH excluding ortho intramolecular Hbond substituents is 1. The predicted octanol–water partition coefficient (Wildman–Crippen LogP) is 5.44. The van der Waals surface area contributed by atoms with Gasteiger partial charge in [-0.15, -0.1) is 0 Å². The molecule has 0 aromatic heterocycles. The lowest BCUT2D eigenvalue weighted by molar-refractivity contribution is 0.458. The summed E-state index contributed by atoms with van der Waals surface area (Å²) in [7, 11) is 0. The summed E-state index contributed by atoms with van der Waals surface area (Å²) in [6.45, 7) is 4.43. The fourth-order valence-corrected chi connectivity index (χ4v) is 3.63. The molecule has 1 N–H and O–H groups in total. The zero-order valence-corrected chi connectivity index (χ0v) is 12.8. The van der Waals surface area contributed by atoms with E-state index in [1.165, 1.54) is 54.4 Å². The largest absolute Gasteiger partial charge is 0.508 e. The molecule has 108 valence electrons. The molecule has 3 rings (SSSR count). The van der Waals surface area contributed by atoms with Crippen LogP contribution in [0.25, 0.3) is 0 Å². The minimum atomic E-state index is 0.440. The highest BCUT2D eigenvalue weighted by atomic mass is 16.3. The Morgan fingerprint density at radius 3 is 2.65 bits per heavy atom. The lowest BCUT2D eigenvalue weighted by Gasteiger charge is -2.24. The zero-order valence-electron chi connectivity index (χ0n) is 12.8. The van der Waals surface area contributed by atoms with Crippen molar-refractivity contribution in [3.05, 3.63) is 40.5 Å². The van der Waals surface area contributed by atoms with Gasteiger partial charge in [-0.3, -0.25) is 0 Å². The first-order valence-electron chi connectivity index (χ1n) is 8.22. The lowest BCUT2D eigenvalue weighted by atomic mass is 9.81. The van der Waals surface area contributed by atoms with Crippen molar-refractivity contribution in [2.24, 2.45) is 0 Å². The van der Waals surface area contributed by atoms with E-state index < -0.39 is 0 Å². The molecule has 0 amide bonds. The Balaban J connectivity index is 2.02. The quantitative estimate of drug-likeness (QED) is 0.723. The van der Waals surface area contributed by atoms with Gasteiger partial charge in [-0.2, -0.15) is 0 Å². The molecular weight excluding hydrogens is 244 g/mol. The smallest absolute Gasteiger partial charge is 0.119 e. The number of aryl methyl sites for hydroxylation is 1. The molecule has 1 fully saturated rings. The first-order valence-corrected chi connectivity index (χ1v) is 8.22. The van der Waals surface area contributed by atoms with Gasteiger partial charge in [-0.25, -0.2) is 0 Å². The zero-order chi connectivity index (χ0) is 14.1. The molecule has 1 aromatic carbocycles. The van der Waals surface area contributed by atoms with Crippen LogP contribution in [0.15, 0.2) is 23.8 Å². The van der Waals surface area contributed by atoms with Crippen LogP contribution in [-0.2, 0) is 6.42 Å². The summed E-state index contributed by atoms with van der Waals surface area (Å²) in [5.41, 5.74) is 5.49. The topological polar surface area (TPSA) is 20.2 Å². The molecule has 2 aliphatic carbocycles. The van der Waals surface area contributed by atoms with Gasteiger partial charge in [-0.05, 0) is 68.6 Å². The molecule has 1 aromatic rings. The van der Waals surface area contributed by atoms with Crippen LogP contribution in [0.2, 0.25) is 0 Å². The summed E-state index contributed by atoms with van der Waals surface area (Å²) >= 11 is 0. The van der Waals surface area contributed by atoms with Crippen molar-refractivity contribution in [1.82, 2.24) is 0 Å². The van der Waals surface area contributed by atoms with Crippen molar-refractivity contribution >= 4 is 0 Å². The Labute approximate surface area is 122 Å². The van der Waals surface area contributed by atoms with Crippen molar-refractivity contribution in [3.63, 3.8) is 0 Å². The number of hydrogen-bond acceptors (Lipinski definition) is 1. The van der Waals surface area contributed by atoms with E-state index in [0.29, 0.717) is 17.6 Å². The fraction of sp³-hybridized carbons (Fsp3) is 0.579. The Morgan fingerprint density at radius 1 is 1.20 bits per heavy atom. The minimum Gasteiger partial charge on any atom is -0.508 e. The van der Waals surface area contributed by atoms with Gasteiger partial charge >= 0.3 is 0 Å². The molecule has 1 heteroatoms. The number of allylic oxidation sites excluding steroid dienone is 2. The van der Waals surface area contributed by atoms with Gasteiger partial charge in [0.05, 0.1) is 0 Å². The van der Waals surface area contributed by atoms with Gasteiger partial charge in [0.2, 0.25) is 0 Å². The van der Waals surface area contributed by atoms with Gasteiger partial charge in [0.25, 0.3) is 0 Å². The molecular formula is C19H26O. The third-order valence-electron chi connectivity index (χ3n) is 4.75. The van der Waals surface area contributed by atoms with Gasteiger partial charge in [0.15, 0.2) is 0 Å². The van der Waals surface area contributed by atoms with Crippen LogP contribution in [-0.4, -0.2) is 5.11 Å². The SMILES string of the molecule is CCCc1cc(O)c(C2C=C(C)CCC2)c(C2CC2)c1. The Kier molecular flexibility index (Phi) is 3.87. The molecule has 1 nitrogen and oxygen atoms in total. The summed E-state index contributed by atoms with van der Waals surface area (Å²) in [6.07, 6.45) is 10.9. The highest BCUT2D eigenvalue weighted by Crippen LogP contribution is 2.48. The summed E-state index contributed by atoms with van der Waals surface area (Å²) < 4.78 is 0. The molecule has 0 heterocycles. The van der Waals surface area contributed by atoms with E-state index in [4.69, 9.17) is 0 Å².